The van der Waals surface area contributed by atoms with Crippen molar-refractivity contribution in [2.24, 2.45) is 5.73 Å². The van der Waals surface area contributed by atoms with Crippen LogP contribution in [0.3, 0.4) is 0 Å². The molecular formula is C13H19N3O2S. The zero-order chi connectivity index (χ0) is 13.8. The molecule has 1 saturated heterocycles. The molecule has 0 saturated carbocycles. The first-order valence-electron chi connectivity index (χ1n) is 6.43. The van der Waals surface area contributed by atoms with E-state index in [1.807, 2.05) is 17.5 Å². The minimum Gasteiger partial charge on any atom is -0.352 e. The number of nitrogens with zero attached hydrogens (tertiary/aromatic N) is 1. The molecule has 2 heterocycles. The van der Waals surface area contributed by atoms with Crippen LogP contribution in [0.2, 0.25) is 0 Å². The van der Waals surface area contributed by atoms with Gasteiger partial charge in [-0.1, -0.05) is 6.07 Å². The Bertz CT molecular complexity index is 447. The van der Waals surface area contributed by atoms with Gasteiger partial charge in [0, 0.05) is 30.9 Å². The molecule has 0 bridgehead atoms. The van der Waals surface area contributed by atoms with Crippen LogP contribution in [0, 0.1) is 0 Å². The highest BCUT2D eigenvalue weighted by molar-refractivity contribution is 7.10. The first kappa shape index (κ1) is 14.0. The maximum absolute atomic E-state index is 12.3. The van der Waals surface area contributed by atoms with Crippen molar-refractivity contribution in [2.45, 2.75) is 31.8 Å². The van der Waals surface area contributed by atoms with E-state index in [0.717, 1.165) is 17.7 Å². The van der Waals surface area contributed by atoms with Crippen LogP contribution in [-0.2, 0) is 9.59 Å². The number of carbonyl (C=O) groups excluding carboxylic acids is 2. The molecule has 2 atom stereocenters. The van der Waals surface area contributed by atoms with Gasteiger partial charge in [-0.2, -0.15) is 0 Å². The molecule has 1 aromatic rings. The molecule has 2 unspecified atom stereocenters. The van der Waals surface area contributed by atoms with Crippen LogP contribution < -0.4 is 11.1 Å². The third-order valence-corrected chi connectivity index (χ3v) is 4.21. The van der Waals surface area contributed by atoms with Crippen molar-refractivity contribution in [3.63, 3.8) is 0 Å². The van der Waals surface area contributed by atoms with Gasteiger partial charge in [0.25, 0.3) is 0 Å². The zero-order valence-corrected chi connectivity index (χ0v) is 11.8. The highest BCUT2D eigenvalue weighted by Gasteiger charge is 2.28. The number of nitrogens with one attached hydrogen (secondary N) is 1. The van der Waals surface area contributed by atoms with Gasteiger partial charge in [0.05, 0.1) is 0 Å². The van der Waals surface area contributed by atoms with Gasteiger partial charge >= 0.3 is 0 Å². The van der Waals surface area contributed by atoms with Crippen LogP contribution in [0.25, 0.3) is 0 Å². The largest absolute Gasteiger partial charge is 0.352 e. The Balaban J connectivity index is 1.97. The molecule has 6 heteroatoms. The average Bonchev–Trinajstić information content (AvgIpc) is 2.90. The Kier molecular flexibility index (Phi) is 4.55. The molecule has 5 nitrogen and oxygen atoms in total. The molecule has 2 rings (SSSR count). The summed E-state index contributed by atoms with van der Waals surface area (Å²) < 4.78 is 0. The van der Waals surface area contributed by atoms with Crippen molar-refractivity contribution in [1.82, 2.24) is 10.2 Å². The third-order valence-electron chi connectivity index (χ3n) is 3.26. The summed E-state index contributed by atoms with van der Waals surface area (Å²) in [6.45, 7) is 2.77. The molecule has 0 spiro atoms. The fraction of sp³-hybridized carbons (Fsp3) is 0.538. The van der Waals surface area contributed by atoms with Gasteiger partial charge in [0.15, 0.2) is 0 Å². The number of thiophene rings is 1. The molecule has 0 aliphatic carbocycles. The summed E-state index contributed by atoms with van der Waals surface area (Å²) in [4.78, 5) is 26.0. The summed E-state index contributed by atoms with van der Waals surface area (Å²) in [6.07, 6.45) is 1.81. The molecular weight excluding hydrogens is 262 g/mol. The average molecular weight is 281 g/mol. The summed E-state index contributed by atoms with van der Waals surface area (Å²) in [5.74, 6) is -0.112. The molecule has 2 amide bonds. The molecule has 3 N–H and O–H groups in total. The standard InChI is InChI=1S/C13H19N3O2S/c1-9(17)15-10-4-2-6-16(8-10)13(18)12(14)11-5-3-7-19-11/h3,5,7,10,12H,2,4,6,8,14H2,1H3,(H,15,17). The lowest BCUT2D eigenvalue weighted by Gasteiger charge is -2.34. The molecule has 1 aliphatic heterocycles. The molecule has 104 valence electrons. The first-order chi connectivity index (χ1) is 9.08. The summed E-state index contributed by atoms with van der Waals surface area (Å²) in [6, 6.07) is 3.23. The molecule has 0 radical (unpaired) electrons. The van der Waals surface area contributed by atoms with Gasteiger partial charge in [0.2, 0.25) is 11.8 Å². The van der Waals surface area contributed by atoms with E-state index in [1.54, 1.807) is 4.90 Å². The minimum atomic E-state index is -0.587. The van der Waals surface area contributed by atoms with Gasteiger partial charge in [-0.3, -0.25) is 9.59 Å². The number of hydrogen-bond donors (Lipinski definition) is 2. The maximum Gasteiger partial charge on any atom is 0.244 e. The number of hydrogen-bond acceptors (Lipinski definition) is 4. The molecule has 1 aliphatic rings. The number of rotatable bonds is 3. The van der Waals surface area contributed by atoms with Crippen molar-refractivity contribution in [1.29, 1.82) is 0 Å². The monoisotopic (exact) mass is 281 g/mol. The van der Waals surface area contributed by atoms with E-state index >= 15 is 0 Å². The van der Waals surface area contributed by atoms with Gasteiger partial charge in [0.1, 0.15) is 6.04 Å². The summed E-state index contributed by atoms with van der Waals surface area (Å²) in [5, 5.41) is 4.78. The van der Waals surface area contributed by atoms with Crippen LogP contribution in [0.5, 0.6) is 0 Å². The number of amides is 2. The smallest absolute Gasteiger partial charge is 0.244 e. The van der Waals surface area contributed by atoms with Crippen LogP contribution in [-0.4, -0.2) is 35.8 Å². The fourth-order valence-corrected chi connectivity index (χ4v) is 3.09. The summed E-state index contributed by atoms with van der Waals surface area (Å²) >= 11 is 1.49. The second-order valence-corrected chi connectivity index (χ2v) is 5.80. The van der Waals surface area contributed by atoms with Crippen LogP contribution in [0.4, 0.5) is 0 Å². The third kappa shape index (κ3) is 3.54. The van der Waals surface area contributed by atoms with Gasteiger partial charge in [-0.15, -0.1) is 11.3 Å². The predicted molar refractivity (Wildman–Crippen MR) is 74.7 cm³/mol. The second-order valence-electron chi connectivity index (χ2n) is 4.82. The predicted octanol–water partition coefficient (Wildman–Crippen LogP) is 0.875. The number of carbonyl (C=O) groups is 2. The molecule has 1 fully saturated rings. The lowest BCUT2D eigenvalue weighted by molar-refractivity contribution is -0.134. The number of likely N-dealkylation sites (tertiary alicyclic amines) is 1. The minimum absolute atomic E-state index is 0.0470. The van der Waals surface area contributed by atoms with E-state index in [-0.39, 0.29) is 17.9 Å². The van der Waals surface area contributed by atoms with Crippen LogP contribution in [0.15, 0.2) is 17.5 Å². The Morgan fingerprint density at radius 2 is 2.37 bits per heavy atom. The van der Waals surface area contributed by atoms with E-state index in [4.69, 9.17) is 5.73 Å². The Morgan fingerprint density at radius 3 is 3.00 bits per heavy atom. The summed E-state index contributed by atoms with van der Waals surface area (Å²) in [5.41, 5.74) is 5.99. The topological polar surface area (TPSA) is 75.4 Å². The second kappa shape index (κ2) is 6.16. The Hall–Kier alpha value is -1.40. The lowest BCUT2D eigenvalue weighted by atomic mass is 10.0. The van der Waals surface area contributed by atoms with Crippen molar-refractivity contribution in [2.75, 3.05) is 13.1 Å². The van der Waals surface area contributed by atoms with Gasteiger partial charge in [-0.25, -0.2) is 0 Å². The van der Waals surface area contributed by atoms with Crippen molar-refractivity contribution >= 4 is 23.2 Å². The normalized spacial score (nSPS) is 20.9. The number of piperidine rings is 1. The number of nitrogens with two attached hydrogens (primary N) is 1. The summed E-state index contributed by atoms with van der Waals surface area (Å²) in [7, 11) is 0. The molecule has 1 aromatic heterocycles. The zero-order valence-electron chi connectivity index (χ0n) is 11.0. The van der Waals surface area contributed by atoms with Gasteiger partial charge in [-0.05, 0) is 24.3 Å². The Morgan fingerprint density at radius 1 is 1.58 bits per heavy atom. The van der Waals surface area contributed by atoms with Crippen molar-refractivity contribution in [3.05, 3.63) is 22.4 Å². The molecule has 0 aromatic carbocycles. The van der Waals surface area contributed by atoms with E-state index in [1.165, 1.54) is 18.3 Å². The highest BCUT2D eigenvalue weighted by atomic mass is 32.1. The lowest BCUT2D eigenvalue weighted by Crippen LogP contribution is -2.51. The van der Waals surface area contributed by atoms with Crippen LogP contribution in [0.1, 0.15) is 30.7 Å². The quantitative estimate of drug-likeness (QED) is 0.863. The van der Waals surface area contributed by atoms with E-state index in [9.17, 15) is 9.59 Å². The first-order valence-corrected chi connectivity index (χ1v) is 7.30. The Labute approximate surface area is 116 Å². The van der Waals surface area contributed by atoms with Crippen molar-refractivity contribution < 1.29 is 9.59 Å². The maximum atomic E-state index is 12.3. The van der Waals surface area contributed by atoms with Gasteiger partial charge < -0.3 is 16.0 Å². The molecule has 19 heavy (non-hydrogen) atoms. The van der Waals surface area contributed by atoms with Crippen LogP contribution >= 0.6 is 11.3 Å². The highest BCUT2D eigenvalue weighted by Crippen LogP contribution is 2.21. The van der Waals surface area contributed by atoms with Crippen molar-refractivity contribution in [3.8, 4) is 0 Å². The van der Waals surface area contributed by atoms with E-state index in [0.29, 0.717) is 13.1 Å². The fourth-order valence-electron chi connectivity index (χ4n) is 2.37. The van der Waals surface area contributed by atoms with E-state index in [2.05, 4.69) is 5.32 Å². The van der Waals surface area contributed by atoms with E-state index < -0.39 is 6.04 Å². The SMILES string of the molecule is CC(=O)NC1CCCN(C(=O)C(N)c2cccs2)C1.